The Balaban J connectivity index is 2.96. The second kappa shape index (κ2) is 3.89. The molecule has 0 atom stereocenters. The summed E-state index contributed by atoms with van der Waals surface area (Å²) in [4.78, 5) is 4.27. The van der Waals surface area contributed by atoms with Crippen molar-refractivity contribution in [2.75, 3.05) is 7.11 Å². The largest absolute Gasteiger partial charge is 0.378 e. The molecule has 0 spiro atoms. The molecular formula is C10H11NO. The van der Waals surface area contributed by atoms with E-state index in [0.717, 1.165) is 17.0 Å². The first-order valence-electron chi connectivity index (χ1n) is 3.70. The van der Waals surface area contributed by atoms with Crippen LogP contribution in [0.5, 0.6) is 0 Å². The molecule has 2 heteroatoms. The van der Waals surface area contributed by atoms with Crippen LogP contribution in [0.1, 0.15) is 17.0 Å². The molecule has 0 aliphatic rings. The Morgan fingerprint density at radius 1 is 1.58 bits per heavy atom. The van der Waals surface area contributed by atoms with Crippen molar-refractivity contribution in [3.05, 3.63) is 29.1 Å². The van der Waals surface area contributed by atoms with Gasteiger partial charge in [0.1, 0.15) is 0 Å². The molecule has 0 bridgehead atoms. The summed E-state index contributed by atoms with van der Waals surface area (Å²) in [5.41, 5.74) is 2.64. The van der Waals surface area contributed by atoms with E-state index in [1.54, 1.807) is 7.11 Å². The van der Waals surface area contributed by atoms with Gasteiger partial charge < -0.3 is 4.74 Å². The van der Waals surface area contributed by atoms with Crippen LogP contribution in [-0.2, 0) is 11.3 Å². The standard InChI is InChI=1S/C10H11NO/c1-4-9-5-6-10(7-12-3)11-8(9)2/h1,5-6H,7H2,2-3H3. The summed E-state index contributed by atoms with van der Waals surface area (Å²) < 4.78 is 4.94. The van der Waals surface area contributed by atoms with Gasteiger partial charge in [-0.25, -0.2) is 0 Å². The van der Waals surface area contributed by atoms with E-state index >= 15 is 0 Å². The third-order valence-corrected chi connectivity index (χ3v) is 1.59. The van der Waals surface area contributed by atoms with Crippen molar-refractivity contribution in [2.45, 2.75) is 13.5 Å². The topological polar surface area (TPSA) is 22.1 Å². The van der Waals surface area contributed by atoms with E-state index in [9.17, 15) is 0 Å². The second-order valence-electron chi connectivity index (χ2n) is 2.51. The predicted molar refractivity (Wildman–Crippen MR) is 47.6 cm³/mol. The van der Waals surface area contributed by atoms with Crippen LogP contribution in [0.15, 0.2) is 12.1 Å². The molecule has 1 rings (SSSR count). The molecule has 0 aliphatic carbocycles. The number of terminal acetylenes is 1. The summed E-state index contributed by atoms with van der Waals surface area (Å²) in [6.07, 6.45) is 5.25. The van der Waals surface area contributed by atoms with Crippen LogP contribution in [0.25, 0.3) is 0 Å². The van der Waals surface area contributed by atoms with Gasteiger partial charge in [-0.05, 0) is 19.1 Å². The lowest BCUT2D eigenvalue weighted by Gasteiger charge is -2.01. The third kappa shape index (κ3) is 1.84. The van der Waals surface area contributed by atoms with Crippen LogP contribution >= 0.6 is 0 Å². The maximum atomic E-state index is 5.25. The Morgan fingerprint density at radius 3 is 2.83 bits per heavy atom. The lowest BCUT2D eigenvalue weighted by Crippen LogP contribution is -1.95. The third-order valence-electron chi connectivity index (χ3n) is 1.59. The molecule has 0 aliphatic heterocycles. The second-order valence-corrected chi connectivity index (χ2v) is 2.51. The van der Waals surface area contributed by atoms with Crippen molar-refractivity contribution in [2.24, 2.45) is 0 Å². The van der Waals surface area contributed by atoms with Crippen molar-refractivity contribution in [3.63, 3.8) is 0 Å². The molecular weight excluding hydrogens is 150 g/mol. The molecule has 0 aromatic carbocycles. The Labute approximate surface area is 72.6 Å². The molecule has 1 aromatic heterocycles. The van der Waals surface area contributed by atoms with Crippen LogP contribution in [0.2, 0.25) is 0 Å². The van der Waals surface area contributed by atoms with E-state index in [0.29, 0.717) is 6.61 Å². The molecule has 0 saturated heterocycles. The van der Waals surface area contributed by atoms with Crippen LogP contribution in [0.4, 0.5) is 0 Å². The zero-order valence-corrected chi connectivity index (χ0v) is 7.29. The van der Waals surface area contributed by atoms with E-state index in [-0.39, 0.29) is 0 Å². The van der Waals surface area contributed by atoms with E-state index in [2.05, 4.69) is 10.9 Å². The summed E-state index contributed by atoms with van der Waals surface area (Å²) in [6, 6.07) is 3.77. The normalized spacial score (nSPS) is 9.42. The van der Waals surface area contributed by atoms with Gasteiger partial charge in [0.25, 0.3) is 0 Å². The van der Waals surface area contributed by atoms with Gasteiger partial charge in [0.15, 0.2) is 0 Å². The molecule has 0 unspecified atom stereocenters. The number of rotatable bonds is 2. The van der Waals surface area contributed by atoms with Gasteiger partial charge in [-0.15, -0.1) is 6.42 Å². The highest BCUT2D eigenvalue weighted by atomic mass is 16.5. The molecule has 12 heavy (non-hydrogen) atoms. The number of ether oxygens (including phenoxy) is 1. The number of aryl methyl sites for hydroxylation is 1. The van der Waals surface area contributed by atoms with Gasteiger partial charge in [0.2, 0.25) is 0 Å². The summed E-state index contributed by atoms with van der Waals surface area (Å²) in [6.45, 7) is 2.43. The number of hydrogen-bond acceptors (Lipinski definition) is 2. The minimum Gasteiger partial charge on any atom is -0.378 e. The van der Waals surface area contributed by atoms with Crippen molar-refractivity contribution >= 4 is 0 Å². The zero-order chi connectivity index (χ0) is 8.97. The molecule has 1 aromatic rings. The monoisotopic (exact) mass is 161 g/mol. The Morgan fingerprint density at radius 2 is 2.33 bits per heavy atom. The van der Waals surface area contributed by atoms with Gasteiger partial charge in [0.05, 0.1) is 18.0 Å². The number of nitrogens with zero attached hydrogens (tertiary/aromatic N) is 1. The minimum absolute atomic E-state index is 0.533. The fraction of sp³-hybridized carbons (Fsp3) is 0.300. The van der Waals surface area contributed by atoms with E-state index in [4.69, 9.17) is 11.2 Å². The van der Waals surface area contributed by atoms with Crippen molar-refractivity contribution in [3.8, 4) is 12.3 Å². The molecule has 0 saturated carbocycles. The SMILES string of the molecule is C#Cc1ccc(COC)nc1C. The highest BCUT2D eigenvalue weighted by molar-refractivity contribution is 5.35. The molecule has 0 amide bonds. The van der Waals surface area contributed by atoms with Crippen LogP contribution in [-0.4, -0.2) is 12.1 Å². The highest BCUT2D eigenvalue weighted by Crippen LogP contribution is 2.05. The predicted octanol–water partition coefficient (Wildman–Crippen LogP) is 1.52. The molecule has 1 heterocycles. The minimum atomic E-state index is 0.533. The van der Waals surface area contributed by atoms with Crippen molar-refractivity contribution in [1.29, 1.82) is 0 Å². The number of pyridine rings is 1. The van der Waals surface area contributed by atoms with Gasteiger partial charge in [-0.1, -0.05) is 5.92 Å². The molecule has 0 radical (unpaired) electrons. The fourth-order valence-corrected chi connectivity index (χ4v) is 0.994. The van der Waals surface area contributed by atoms with E-state index in [1.807, 2.05) is 19.1 Å². The summed E-state index contributed by atoms with van der Waals surface area (Å²) in [5.74, 6) is 2.56. The molecule has 2 nitrogen and oxygen atoms in total. The lowest BCUT2D eigenvalue weighted by atomic mass is 10.2. The van der Waals surface area contributed by atoms with Gasteiger partial charge >= 0.3 is 0 Å². The van der Waals surface area contributed by atoms with Gasteiger partial charge in [-0.3, -0.25) is 4.98 Å². The first-order chi connectivity index (χ1) is 5.77. The highest BCUT2D eigenvalue weighted by Gasteiger charge is 1.97. The lowest BCUT2D eigenvalue weighted by molar-refractivity contribution is 0.181. The summed E-state index contributed by atoms with van der Waals surface area (Å²) in [5, 5.41) is 0. The Kier molecular flexibility index (Phi) is 2.84. The number of hydrogen-bond donors (Lipinski definition) is 0. The maximum absolute atomic E-state index is 5.25. The first-order valence-corrected chi connectivity index (χ1v) is 3.70. The number of aromatic nitrogens is 1. The van der Waals surface area contributed by atoms with Gasteiger partial charge in [0, 0.05) is 12.7 Å². The smallest absolute Gasteiger partial charge is 0.0884 e. The van der Waals surface area contributed by atoms with Crippen LogP contribution in [0, 0.1) is 19.3 Å². The summed E-state index contributed by atoms with van der Waals surface area (Å²) >= 11 is 0. The number of methoxy groups -OCH3 is 1. The summed E-state index contributed by atoms with van der Waals surface area (Å²) in [7, 11) is 1.64. The Hall–Kier alpha value is -1.33. The van der Waals surface area contributed by atoms with Crippen molar-refractivity contribution in [1.82, 2.24) is 4.98 Å². The van der Waals surface area contributed by atoms with E-state index < -0.39 is 0 Å². The van der Waals surface area contributed by atoms with E-state index in [1.165, 1.54) is 0 Å². The Bertz CT molecular complexity index is 312. The van der Waals surface area contributed by atoms with Crippen molar-refractivity contribution < 1.29 is 4.74 Å². The fourth-order valence-electron chi connectivity index (χ4n) is 0.994. The molecule has 0 fully saturated rings. The van der Waals surface area contributed by atoms with Crippen LogP contribution in [0.3, 0.4) is 0 Å². The quantitative estimate of drug-likeness (QED) is 0.613. The zero-order valence-electron chi connectivity index (χ0n) is 7.29. The maximum Gasteiger partial charge on any atom is 0.0884 e. The average molecular weight is 161 g/mol. The average Bonchev–Trinajstić information content (AvgIpc) is 2.05. The first kappa shape index (κ1) is 8.76. The molecule has 0 N–H and O–H groups in total. The van der Waals surface area contributed by atoms with Crippen LogP contribution < -0.4 is 0 Å². The van der Waals surface area contributed by atoms with Gasteiger partial charge in [-0.2, -0.15) is 0 Å². The molecule has 62 valence electrons.